The average Bonchev–Trinajstić information content (AvgIpc) is 2.61. The van der Waals surface area contributed by atoms with E-state index in [0.717, 1.165) is 6.07 Å². The molecule has 0 radical (unpaired) electrons. The number of alkyl halides is 3. The van der Waals surface area contributed by atoms with E-state index in [-0.39, 0.29) is 17.5 Å². The van der Waals surface area contributed by atoms with Gasteiger partial charge in [-0.05, 0) is 31.2 Å². The fourth-order valence-corrected chi connectivity index (χ4v) is 2.90. The number of halogens is 4. The topological polar surface area (TPSA) is 49.3 Å². The molecule has 0 spiro atoms. The van der Waals surface area contributed by atoms with Gasteiger partial charge in [0.1, 0.15) is 17.3 Å². The molecule has 1 saturated heterocycles. The number of amides is 1. The molecule has 0 unspecified atom stereocenters. The summed E-state index contributed by atoms with van der Waals surface area (Å²) in [6.45, 7) is 3.01. The third kappa shape index (κ3) is 4.07. The first-order chi connectivity index (χ1) is 12.2. The first-order valence-corrected chi connectivity index (χ1v) is 8.34. The first kappa shape index (κ1) is 18.4. The van der Waals surface area contributed by atoms with Gasteiger partial charge in [-0.15, -0.1) is 0 Å². The predicted molar refractivity (Wildman–Crippen MR) is 91.3 cm³/mol. The monoisotopic (exact) mass is 384 g/mol. The molecule has 2 heterocycles. The van der Waals surface area contributed by atoms with Crippen molar-refractivity contribution in [3.05, 3.63) is 52.4 Å². The van der Waals surface area contributed by atoms with Crippen molar-refractivity contribution in [3.8, 4) is 0 Å². The van der Waals surface area contributed by atoms with E-state index in [1.165, 1.54) is 6.92 Å². The van der Waals surface area contributed by atoms with Gasteiger partial charge in [-0.2, -0.15) is 13.2 Å². The summed E-state index contributed by atoms with van der Waals surface area (Å²) in [4.78, 5) is 23.4. The number of carbonyl (C=O) groups excluding carboxylic acids is 1. The van der Waals surface area contributed by atoms with E-state index in [2.05, 4.69) is 9.97 Å². The Morgan fingerprint density at radius 2 is 1.69 bits per heavy atom. The van der Waals surface area contributed by atoms with Crippen LogP contribution in [-0.2, 0) is 6.18 Å². The Kier molecular flexibility index (Phi) is 5.04. The Labute approximate surface area is 153 Å². The molecule has 3 rings (SSSR count). The molecular formula is C17H16ClF3N4O. The summed E-state index contributed by atoms with van der Waals surface area (Å²) in [7, 11) is 0. The summed E-state index contributed by atoms with van der Waals surface area (Å²) in [5.74, 6) is 0.161. The second-order valence-corrected chi connectivity index (χ2v) is 6.38. The zero-order valence-corrected chi connectivity index (χ0v) is 14.7. The molecule has 26 heavy (non-hydrogen) atoms. The van der Waals surface area contributed by atoms with E-state index in [0.29, 0.717) is 36.8 Å². The molecule has 9 heteroatoms. The van der Waals surface area contributed by atoms with Crippen LogP contribution in [0.15, 0.2) is 30.3 Å². The highest BCUT2D eigenvalue weighted by molar-refractivity contribution is 6.30. The van der Waals surface area contributed by atoms with Gasteiger partial charge in [0.15, 0.2) is 0 Å². The van der Waals surface area contributed by atoms with Crippen molar-refractivity contribution in [3.63, 3.8) is 0 Å². The molecule has 1 aromatic heterocycles. The number of benzene rings is 1. The number of carbonyl (C=O) groups is 1. The van der Waals surface area contributed by atoms with E-state index in [4.69, 9.17) is 11.6 Å². The average molecular weight is 385 g/mol. The van der Waals surface area contributed by atoms with Gasteiger partial charge in [0.2, 0.25) is 0 Å². The molecule has 1 aliphatic heterocycles. The maximum absolute atomic E-state index is 12.9. The van der Waals surface area contributed by atoms with Gasteiger partial charge in [0.25, 0.3) is 5.91 Å². The molecule has 0 saturated carbocycles. The SMILES string of the molecule is Cc1nc(N2CCN(C(=O)c3ccc(Cl)cc3)CC2)cc(C(F)(F)F)n1. The normalized spacial score (nSPS) is 15.3. The van der Waals surface area contributed by atoms with Crippen LogP contribution in [0.25, 0.3) is 0 Å². The van der Waals surface area contributed by atoms with E-state index in [1.54, 1.807) is 34.1 Å². The van der Waals surface area contributed by atoms with E-state index in [1.807, 2.05) is 0 Å². The molecule has 1 aromatic carbocycles. The maximum atomic E-state index is 12.9. The van der Waals surface area contributed by atoms with Crippen LogP contribution in [0.2, 0.25) is 5.02 Å². The summed E-state index contributed by atoms with van der Waals surface area (Å²) in [6.07, 6.45) is -4.52. The van der Waals surface area contributed by atoms with Crippen LogP contribution < -0.4 is 4.90 Å². The van der Waals surface area contributed by atoms with Gasteiger partial charge in [-0.3, -0.25) is 4.79 Å². The zero-order chi connectivity index (χ0) is 18.9. The molecule has 0 N–H and O–H groups in total. The minimum absolute atomic E-state index is 0.0643. The summed E-state index contributed by atoms with van der Waals surface area (Å²) < 4.78 is 38.8. The molecule has 0 aliphatic carbocycles. The molecule has 0 bridgehead atoms. The lowest BCUT2D eigenvalue weighted by molar-refractivity contribution is -0.141. The van der Waals surface area contributed by atoms with Crippen molar-refractivity contribution in [1.29, 1.82) is 0 Å². The third-order valence-corrected chi connectivity index (χ3v) is 4.35. The predicted octanol–water partition coefficient (Wildman–Crippen LogP) is 3.42. The number of anilines is 1. The van der Waals surface area contributed by atoms with Gasteiger partial charge in [-0.25, -0.2) is 9.97 Å². The van der Waals surface area contributed by atoms with Crippen LogP contribution in [0, 0.1) is 6.92 Å². The highest BCUT2D eigenvalue weighted by atomic mass is 35.5. The van der Waals surface area contributed by atoms with Gasteiger partial charge in [0, 0.05) is 42.8 Å². The minimum atomic E-state index is -4.52. The molecule has 2 aromatic rings. The van der Waals surface area contributed by atoms with E-state index >= 15 is 0 Å². The Morgan fingerprint density at radius 1 is 1.08 bits per heavy atom. The van der Waals surface area contributed by atoms with Gasteiger partial charge in [0.05, 0.1) is 0 Å². The quantitative estimate of drug-likeness (QED) is 0.796. The van der Waals surface area contributed by atoms with Crippen molar-refractivity contribution >= 4 is 23.3 Å². The lowest BCUT2D eigenvalue weighted by Crippen LogP contribution is -2.49. The van der Waals surface area contributed by atoms with Crippen molar-refractivity contribution in [2.45, 2.75) is 13.1 Å². The highest BCUT2D eigenvalue weighted by Crippen LogP contribution is 2.30. The van der Waals surface area contributed by atoms with Crippen LogP contribution in [0.5, 0.6) is 0 Å². The fraction of sp³-hybridized carbons (Fsp3) is 0.353. The molecule has 5 nitrogen and oxygen atoms in total. The third-order valence-electron chi connectivity index (χ3n) is 4.10. The van der Waals surface area contributed by atoms with E-state index < -0.39 is 11.9 Å². The standard InChI is InChI=1S/C17H16ClF3N4O/c1-11-22-14(17(19,20)21)10-15(23-11)24-6-8-25(9-7-24)16(26)12-2-4-13(18)5-3-12/h2-5,10H,6-9H2,1H3. The van der Waals surface area contributed by atoms with Crippen LogP contribution in [0.1, 0.15) is 21.9 Å². The number of hydrogen-bond donors (Lipinski definition) is 0. The van der Waals surface area contributed by atoms with Crippen molar-refractivity contribution in [2.75, 3.05) is 31.1 Å². The second kappa shape index (κ2) is 7.11. The molecule has 1 aliphatic rings. The van der Waals surface area contributed by atoms with Crippen LogP contribution in [-0.4, -0.2) is 47.0 Å². The molecule has 1 fully saturated rings. The Balaban J connectivity index is 1.70. The Hall–Kier alpha value is -2.35. The highest BCUT2D eigenvalue weighted by Gasteiger charge is 2.34. The van der Waals surface area contributed by atoms with E-state index in [9.17, 15) is 18.0 Å². The summed E-state index contributed by atoms with van der Waals surface area (Å²) >= 11 is 5.82. The number of aryl methyl sites for hydroxylation is 1. The maximum Gasteiger partial charge on any atom is 0.433 e. The number of hydrogen-bond acceptors (Lipinski definition) is 4. The lowest BCUT2D eigenvalue weighted by Gasteiger charge is -2.35. The van der Waals surface area contributed by atoms with Crippen molar-refractivity contribution in [1.82, 2.24) is 14.9 Å². The first-order valence-electron chi connectivity index (χ1n) is 7.97. The number of aromatic nitrogens is 2. The zero-order valence-electron chi connectivity index (χ0n) is 13.9. The van der Waals surface area contributed by atoms with Gasteiger partial charge >= 0.3 is 6.18 Å². The molecule has 0 atom stereocenters. The molecular weight excluding hydrogens is 369 g/mol. The molecule has 138 valence electrons. The summed E-state index contributed by atoms with van der Waals surface area (Å²) in [5.41, 5.74) is -0.431. The van der Waals surface area contributed by atoms with Gasteiger partial charge in [-0.1, -0.05) is 11.6 Å². The van der Waals surface area contributed by atoms with Crippen molar-refractivity contribution in [2.24, 2.45) is 0 Å². The number of piperazine rings is 1. The number of nitrogens with zero attached hydrogens (tertiary/aromatic N) is 4. The Bertz CT molecular complexity index is 803. The largest absolute Gasteiger partial charge is 0.433 e. The molecule has 1 amide bonds. The van der Waals surface area contributed by atoms with Crippen molar-refractivity contribution < 1.29 is 18.0 Å². The van der Waals surface area contributed by atoms with Crippen LogP contribution >= 0.6 is 11.6 Å². The smallest absolute Gasteiger partial charge is 0.353 e. The summed E-state index contributed by atoms with van der Waals surface area (Å²) in [5, 5.41) is 0.547. The van der Waals surface area contributed by atoms with Gasteiger partial charge < -0.3 is 9.80 Å². The fourth-order valence-electron chi connectivity index (χ4n) is 2.77. The second-order valence-electron chi connectivity index (χ2n) is 5.94. The number of rotatable bonds is 2. The van der Waals surface area contributed by atoms with Crippen LogP contribution in [0.3, 0.4) is 0 Å². The minimum Gasteiger partial charge on any atom is -0.353 e. The summed E-state index contributed by atoms with van der Waals surface area (Å²) in [6, 6.07) is 7.55. The Morgan fingerprint density at radius 3 is 2.27 bits per heavy atom. The lowest BCUT2D eigenvalue weighted by atomic mass is 10.2. The van der Waals surface area contributed by atoms with Crippen LogP contribution in [0.4, 0.5) is 19.0 Å².